The molecule has 1 aromatic rings. The minimum Gasteiger partial charge on any atom is -0.357 e. The van der Waals surface area contributed by atoms with Gasteiger partial charge in [0, 0.05) is 25.6 Å². The van der Waals surface area contributed by atoms with E-state index in [0.29, 0.717) is 25.6 Å². The van der Waals surface area contributed by atoms with Crippen molar-refractivity contribution >= 4 is 35.8 Å². The molecule has 0 heterocycles. The number of halogens is 1. The third-order valence-corrected chi connectivity index (χ3v) is 3.63. The normalized spacial score (nSPS) is 14.1. The molecule has 0 spiro atoms. The molecule has 0 saturated heterocycles. The van der Waals surface area contributed by atoms with Crippen LogP contribution >= 0.6 is 24.0 Å². The SMILES string of the molecule is CCNC(=NCCC(=O)NCc1ccccc1)NC1CC=CC1.I. The molecule has 0 radical (unpaired) electrons. The second-order valence-corrected chi connectivity index (χ2v) is 5.56. The van der Waals surface area contributed by atoms with Crippen molar-refractivity contribution in [2.45, 2.75) is 38.8 Å². The Kier molecular flexibility index (Phi) is 10.1. The number of aliphatic imine (C=N–C) groups is 1. The van der Waals surface area contributed by atoms with Gasteiger partial charge >= 0.3 is 0 Å². The highest BCUT2D eigenvalue weighted by Gasteiger charge is 2.11. The van der Waals surface area contributed by atoms with Crippen LogP contribution in [-0.2, 0) is 11.3 Å². The second-order valence-electron chi connectivity index (χ2n) is 5.56. The fourth-order valence-corrected chi connectivity index (χ4v) is 2.40. The van der Waals surface area contributed by atoms with Crippen LogP contribution in [0.5, 0.6) is 0 Å². The number of amides is 1. The van der Waals surface area contributed by atoms with Crippen molar-refractivity contribution in [2.24, 2.45) is 4.99 Å². The highest BCUT2D eigenvalue weighted by Crippen LogP contribution is 2.08. The molecule has 5 nitrogen and oxygen atoms in total. The van der Waals surface area contributed by atoms with Crippen molar-refractivity contribution in [3.05, 3.63) is 48.0 Å². The molecular weight excluding hydrogens is 415 g/mol. The quantitative estimate of drug-likeness (QED) is 0.263. The first-order valence-electron chi connectivity index (χ1n) is 8.28. The molecule has 1 aliphatic rings. The number of guanidine groups is 1. The van der Waals surface area contributed by atoms with Crippen LogP contribution in [0.3, 0.4) is 0 Å². The third-order valence-electron chi connectivity index (χ3n) is 3.63. The van der Waals surface area contributed by atoms with Gasteiger partial charge in [0.1, 0.15) is 0 Å². The molecule has 3 N–H and O–H groups in total. The van der Waals surface area contributed by atoms with Gasteiger partial charge in [0.2, 0.25) is 5.91 Å². The number of nitrogens with one attached hydrogen (secondary N) is 3. The maximum Gasteiger partial charge on any atom is 0.222 e. The van der Waals surface area contributed by atoms with Crippen LogP contribution in [0.4, 0.5) is 0 Å². The lowest BCUT2D eigenvalue weighted by atomic mass is 10.2. The average Bonchev–Trinajstić information content (AvgIpc) is 3.07. The van der Waals surface area contributed by atoms with Gasteiger partial charge in [-0.3, -0.25) is 9.79 Å². The minimum atomic E-state index is 0. The third kappa shape index (κ3) is 7.81. The summed E-state index contributed by atoms with van der Waals surface area (Å²) in [7, 11) is 0. The van der Waals surface area contributed by atoms with Gasteiger partial charge in [-0.2, -0.15) is 0 Å². The first-order chi connectivity index (χ1) is 11.3. The Morgan fingerprint density at radius 2 is 1.88 bits per heavy atom. The van der Waals surface area contributed by atoms with Crippen molar-refractivity contribution in [3.8, 4) is 0 Å². The van der Waals surface area contributed by atoms with Crippen molar-refractivity contribution in [1.29, 1.82) is 0 Å². The summed E-state index contributed by atoms with van der Waals surface area (Å²) >= 11 is 0. The van der Waals surface area contributed by atoms with Crippen LogP contribution in [0.1, 0.15) is 31.7 Å². The van der Waals surface area contributed by atoms with E-state index in [4.69, 9.17) is 0 Å². The van der Waals surface area contributed by atoms with Crippen molar-refractivity contribution in [2.75, 3.05) is 13.1 Å². The molecule has 0 aliphatic heterocycles. The predicted octanol–water partition coefficient (Wildman–Crippen LogP) is 2.58. The number of carbonyl (C=O) groups excluding carboxylic acids is 1. The maximum atomic E-state index is 11.9. The Labute approximate surface area is 161 Å². The molecule has 1 amide bonds. The lowest BCUT2D eigenvalue weighted by Crippen LogP contribution is -2.42. The molecule has 1 aliphatic carbocycles. The Morgan fingerprint density at radius 3 is 2.54 bits per heavy atom. The summed E-state index contributed by atoms with van der Waals surface area (Å²) < 4.78 is 0. The summed E-state index contributed by atoms with van der Waals surface area (Å²) in [5.74, 6) is 0.813. The molecule has 0 fully saturated rings. The van der Waals surface area contributed by atoms with Crippen LogP contribution in [0, 0.1) is 0 Å². The van der Waals surface area contributed by atoms with E-state index in [1.807, 2.05) is 37.3 Å². The van der Waals surface area contributed by atoms with Gasteiger partial charge in [-0.05, 0) is 25.3 Å². The number of nitrogens with zero attached hydrogens (tertiary/aromatic N) is 1. The van der Waals surface area contributed by atoms with Crippen LogP contribution in [0.15, 0.2) is 47.5 Å². The molecule has 0 atom stereocenters. The van der Waals surface area contributed by atoms with Crippen LogP contribution in [0.25, 0.3) is 0 Å². The standard InChI is InChI=1S/C18H26N4O.HI/c1-2-19-18(22-16-10-6-7-11-16)20-13-12-17(23)21-14-15-8-4-3-5-9-15;/h3-9,16H,2,10-14H2,1H3,(H,21,23)(H2,19,20,22);1H. The summed E-state index contributed by atoms with van der Waals surface area (Å²) in [6.07, 6.45) is 6.81. The summed E-state index contributed by atoms with van der Waals surface area (Å²) in [5, 5.41) is 9.53. The Balaban J connectivity index is 0.00000288. The smallest absolute Gasteiger partial charge is 0.222 e. The molecule has 6 heteroatoms. The monoisotopic (exact) mass is 442 g/mol. The zero-order valence-electron chi connectivity index (χ0n) is 14.1. The van der Waals surface area contributed by atoms with Gasteiger partial charge in [-0.25, -0.2) is 0 Å². The van der Waals surface area contributed by atoms with Gasteiger partial charge in [-0.15, -0.1) is 24.0 Å². The fraction of sp³-hybridized carbons (Fsp3) is 0.444. The van der Waals surface area contributed by atoms with E-state index in [1.165, 1.54) is 0 Å². The van der Waals surface area contributed by atoms with E-state index >= 15 is 0 Å². The fourth-order valence-electron chi connectivity index (χ4n) is 2.40. The van der Waals surface area contributed by atoms with E-state index in [2.05, 4.69) is 33.1 Å². The Morgan fingerprint density at radius 1 is 1.17 bits per heavy atom. The lowest BCUT2D eigenvalue weighted by Gasteiger charge is -2.16. The largest absolute Gasteiger partial charge is 0.357 e. The van der Waals surface area contributed by atoms with Crippen molar-refractivity contribution < 1.29 is 4.79 Å². The van der Waals surface area contributed by atoms with Crippen molar-refractivity contribution in [1.82, 2.24) is 16.0 Å². The number of carbonyl (C=O) groups is 1. The number of benzene rings is 1. The van der Waals surface area contributed by atoms with E-state index in [0.717, 1.165) is 30.9 Å². The summed E-state index contributed by atoms with van der Waals surface area (Å²) in [6.45, 7) is 3.90. The predicted molar refractivity (Wildman–Crippen MR) is 110 cm³/mol. The van der Waals surface area contributed by atoms with E-state index in [1.54, 1.807) is 0 Å². The minimum absolute atomic E-state index is 0. The van der Waals surface area contributed by atoms with Gasteiger partial charge in [-0.1, -0.05) is 42.5 Å². The summed E-state index contributed by atoms with van der Waals surface area (Å²) in [4.78, 5) is 16.3. The average molecular weight is 442 g/mol. The van der Waals surface area contributed by atoms with E-state index < -0.39 is 0 Å². The van der Waals surface area contributed by atoms with Gasteiger partial charge in [0.05, 0.1) is 6.54 Å². The first kappa shape index (κ1) is 20.5. The summed E-state index contributed by atoms with van der Waals surface area (Å²) in [5.41, 5.74) is 1.10. The molecule has 2 rings (SSSR count). The molecule has 24 heavy (non-hydrogen) atoms. The Hall–Kier alpha value is -1.57. The number of hydrogen-bond donors (Lipinski definition) is 3. The van der Waals surface area contributed by atoms with E-state index in [9.17, 15) is 4.79 Å². The number of hydrogen-bond acceptors (Lipinski definition) is 2. The molecule has 0 aromatic heterocycles. The molecule has 0 saturated carbocycles. The molecule has 0 bridgehead atoms. The molecule has 0 unspecified atom stereocenters. The van der Waals surface area contributed by atoms with Crippen molar-refractivity contribution in [3.63, 3.8) is 0 Å². The zero-order valence-corrected chi connectivity index (χ0v) is 16.5. The molecule has 132 valence electrons. The molecular formula is C18H27IN4O. The topological polar surface area (TPSA) is 65.5 Å². The lowest BCUT2D eigenvalue weighted by molar-refractivity contribution is -0.121. The highest BCUT2D eigenvalue weighted by atomic mass is 127. The zero-order chi connectivity index (χ0) is 16.3. The van der Waals surface area contributed by atoms with Gasteiger partial charge < -0.3 is 16.0 Å². The first-order valence-corrected chi connectivity index (χ1v) is 8.28. The highest BCUT2D eigenvalue weighted by molar-refractivity contribution is 14.0. The van der Waals surface area contributed by atoms with Crippen LogP contribution in [-0.4, -0.2) is 31.0 Å². The maximum absolute atomic E-state index is 11.9. The second kappa shape index (κ2) is 11.9. The van der Waals surface area contributed by atoms with Crippen LogP contribution < -0.4 is 16.0 Å². The summed E-state index contributed by atoms with van der Waals surface area (Å²) in [6, 6.07) is 10.3. The number of rotatable bonds is 7. The van der Waals surface area contributed by atoms with Gasteiger partial charge in [0.15, 0.2) is 5.96 Å². The van der Waals surface area contributed by atoms with Gasteiger partial charge in [0.25, 0.3) is 0 Å². The van der Waals surface area contributed by atoms with Crippen LogP contribution in [0.2, 0.25) is 0 Å². The molecule has 1 aromatic carbocycles. The Bertz CT molecular complexity index is 537. The van der Waals surface area contributed by atoms with E-state index in [-0.39, 0.29) is 29.9 Å².